The first-order valence-corrected chi connectivity index (χ1v) is 6.59. The lowest BCUT2D eigenvalue weighted by Gasteiger charge is -2.39. The lowest BCUT2D eigenvalue weighted by Crippen LogP contribution is -2.59. The average molecular weight is 284 g/mol. The molecule has 0 spiro atoms. The Kier molecular flexibility index (Phi) is 5.47. The van der Waals surface area contributed by atoms with Gasteiger partial charge in [0.1, 0.15) is 24.4 Å². The zero-order valence-electron chi connectivity index (χ0n) is 11.0. The summed E-state index contributed by atoms with van der Waals surface area (Å²) in [5.41, 5.74) is 1.08. The lowest BCUT2D eigenvalue weighted by atomic mass is 9.99. The minimum absolute atomic E-state index is 0.298. The number of hydrogen-bond acceptors (Lipinski definition) is 6. The molecule has 1 aromatic carbocycles. The van der Waals surface area contributed by atoms with Crippen LogP contribution in [0.5, 0.6) is 0 Å². The highest BCUT2D eigenvalue weighted by atomic mass is 16.7. The highest BCUT2D eigenvalue weighted by Crippen LogP contribution is 2.22. The van der Waals surface area contributed by atoms with Crippen molar-refractivity contribution < 1.29 is 29.9 Å². The molecule has 0 bridgehead atoms. The van der Waals surface area contributed by atoms with Crippen molar-refractivity contribution in [3.05, 3.63) is 35.9 Å². The lowest BCUT2D eigenvalue weighted by molar-refractivity contribution is -0.300. The van der Waals surface area contributed by atoms with Gasteiger partial charge in [-0.3, -0.25) is 0 Å². The molecule has 2 rings (SSSR count). The highest BCUT2D eigenvalue weighted by molar-refractivity contribution is 5.14. The monoisotopic (exact) mass is 284 g/mol. The zero-order valence-corrected chi connectivity index (χ0v) is 11.0. The number of benzene rings is 1. The van der Waals surface area contributed by atoms with E-state index < -0.39 is 37.3 Å². The Balaban J connectivity index is 1.85. The van der Waals surface area contributed by atoms with Crippen molar-refractivity contribution in [2.45, 2.75) is 37.1 Å². The van der Waals surface area contributed by atoms with Gasteiger partial charge in [0.05, 0.1) is 13.2 Å². The largest absolute Gasteiger partial charge is 0.394 e. The van der Waals surface area contributed by atoms with E-state index in [1.807, 2.05) is 30.3 Å². The van der Waals surface area contributed by atoms with Gasteiger partial charge in [-0.2, -0.15) is 0 Å². The minimum atomic E-state index is -1.40. The Hall–Kier alpha value is -1.02. The van der Waals surface area contributed by atoms with Gasteiger partial charge in [0.15, 0.2) is 6.29 Å². The maximum absolute atomic E-state index is 9.78. The molecule has 1 aliphatic rings. The molecule has 0 amide bonds. The van der Waals surface area contributed by atoms with Crippen LogP contribution in [-0.4, -0.2) is 64.3 Å². The summed E-state index contributed by atoms with van der Waals surface area (Å²) in [6.07, 6.45) is -5.46. The third-order valence-electron chi connectivity index (χ3n) is 3.36. The van der Waals surface area contributed by atoms with Gasteiger partial charge >= 0.3 is 0 Å². The SMILES string of the molecule is OC[C@H]1OC(OCCc2ccccc2)[C@H](O)[C@@H](O)[C@H]1O. The summed E-state index contributed by atoms with van der Waals surface area (Å²) in [6.45, 7) is -0.157. The van der Waals surface area contributed by atoms with Crippen LogP contribution >= 0.6 is 0 Å². The van der Waals surface area contributed by atoms with Crippen LogP contribution in [0.15, 0.2) is 30.3 Å². The van der Waals surface area contributed by atoms with Crippen LogP contribution in [0.25, 0.3) is 0 Å². The number of ether oxygens (including phenoxy) is 2. The quantitative estimate of drug-likeness (QED) is 0.556. The Morgan fingerprint density at radius 3 is 2.35 bits per heavy atom. The van der Waals surface area contributed by atoms with Crippen LogP contribution in [0.2, 0.25) is 0 Å². The van der Waals surface area contributed by atoms with E-state index in [0.717, 1.165) is 5.56 Å². The zero-order chi connectivity index (χ0) is 14.5. The predicted molar refractivity (Wildman–Crippen MR) is 69.9 cm³/mol. The summed E-state index contributed by atoms with van der Waals surface area (Å²) in [4.78, 5) is 0. The number of aliphatic hydroxyl groups is 4. The molecule has 5 atom stereocenters. The summed E-state index contributed by atoms with van der Waals surface area (Å²) in [5, 5.41) is 38.1. The molecular weight excluding hydrogens is 264 g/mol. The van der Waals surface area contributed by atoms with Crippen molar-refractivity contribution in [3.63, 3.8) is 0 Å². The highest BCUT2D eigenvalue weighted by Gasteiger charge is 2.43. The summed E-state index contributed by atoms with van der Waals surface area (Å²) >= 11 is 0. The molecule has 112 valence electrons. The smallest absolute Gasteiger partial charge is 0.186 e. The molecule has 1 unspecified atom stereocenters. The van der Waals surface area contributed by atoms with Crippen LogP contribution in [0.1, 0.15) is 5.56 Å². The molecule has 1 fully saturated rings. The van der Waals surface area contributed by atoms with Crippen molar-refractivity contribution in [1.29, 1.82) is 0 Å². The Bertz CT molecular complexity index is 396. The molecule has 6 nitrogen and oxygen atoms in total. The maximum Gasteiger partial charge on any atom is 0.186 e. The molecule has 0 aromatic heterocycles. The summed E-state index contributed by atoms with van der Waals surface area (Å²) in [6, 6.07) is 9.67. The van der Waals surface area contributed by atoms with E-state index in [9.17, 15) is 15.3 Å². The van der Waals surface area contributed by atoms with E-state index in [2.05, 4.69) is 0 Å². The Labute approximate surface area is 117 Å². The minimum Gasteiger partial charge on any atom is -0.394 e. The first-order chi connectivity index (χ1) is 9.63. The van der Waals surface area contributed by atoms with Crippen LogP contribution < -0.4 is 0 Å². The van der Waals surface area contributed by atoms with Gasteiger partial charge in [-0.1, -0.05) is 30.3 Å². The number of aliphatic hydroxyl groups excluding tert-OH is 4. The topological polar surface area (TPSA) is 99.4 Å². The summed E-state index contributed by atoms with van der Waals surface area (Å²) < 4.78 is 10.6. The van der Waals surface area contributed by atoms with Crippen molar-refractivity contribution in [2.75, 3.05) is 13.2 Å². The van der Waals surface area contributed by atoms with Gasteiger partial charge in [-0.05, 0) is 12.0 Å². The average Bonchev–Trinajstić information content (AvgIpc) is 2.48. The third-order valence-corrected chi connectivity index (χ3v) is 3.36. The van der Waals surface area contributed by atoms with E-state index in [1.165, 1.54) is 0 Å². The molecule has 0 radical (unpaired) electrons. The molecule has 20 heavy (non-hydrogen) atoms. The molecule has 1 saturated heterocycles. The number of rotatable bonds is 5. The van der Waals surface area contributed by atoms with Crippen LogP contribution in [0, 0.1) is 0 Å². The normalized spacial score (nSPS) is 34.1. The fourth-order valence-corrected chi connectivity index (χ4v) is 2.14. The van der Waals surface area contributed by atoms with E-state index in [4.69, 9.17) is 14.6 Å². The molecule has 0 aliphatic carbocycles. The van der Waals surface area contributed by atoms with Crippen molar-refractivity contribution >= 4 is 0 Å². The van der Waals surface area contributed by atoms with Crippen molar-refractivity contribution in [1.82, 2.24) is 0 Å². The molecule has 1 aromatic rings. The Morgan fingerprint density at radius 2 is 1.70 bits per heavy atom. The van der Waals surface area contributed by atoms with Gasteiger partial charge in [0.2, 0.25) is 0 Å². The van der Waals surface area contributed by atoms with Gasteiger partial charge in [-0.25, -0.2) is 0 Å². The van der Waals surface area contributed by atoms with Crippen molar-refractivity contribution in [3.8, 4) is 0 Å². The first kappa shape index (κ1) is 15.4. The first-order valence-electron chi connectivity index (χ1n) is 6.59. The fourth-order valence-electron chi connectivity index (χ4n) is 2.14. The molecule has 1 aliphatic heterocycles. The van der Waals surface area contributed by atoms with Gasteiger partial charge in [0.25, 0.3) is 0 Å². The second-order valence-corrected chi connectivity index (χ2v) is 4.80. The third kappa shape index (κ3) is 3.54. The second kappa shape index (κ2) is 7.12. The van der Waals surface area contributed by atoms with Crippen LogP contribution in [0.4, 0.5) is 0 Å². The van der Waals surface area contributed by atoms with Gasteiger partial charge in [-0.15, -0.1) is 0 Å². The van der Waals surface area contributed by atoms with E-state index in [1.54, 1.807) is 0 Å². The summed E-state index contributed by atoms with van der Waals surface area (Å²) in [5.74, 6) is 0. The van der Waals surface area contributed by atoms with Crippen molar-refractivity contribution in [2.24, 2.45) is 0 Å². The summed E-state index contributed by atoms with van der Waals surface area (Å²) in [7, 11) is 0. The molecular formula is C14H20O6. The standard InChI is InChI=1S/C14H20O6/c15-8-10-11(16)12(17)13(18)14(20-10)19-7-6-9-4-2-1-3-5-9/h1-5,10-18H,6-8H2/t10-,11+,12+,13-,14?/m1/s1. The predicted octanol–water partition coefficient (Wildman–Crippen LogP) is -0.954. The molecule has 1 heterocycles. The van der Waals surface area contributed by atoms with Gasteiger partial charge < -0.3 is 29.9 Å². The maximum atomic E-state index is 9.78. The van der Waals surface area contributed by atoms with E-state index in [0.29, 0.717) is 13.0 Å². The number of hydrogen-bond donors (Lipinski definition) is 4. The van der Waals surface area contributed by atoms with E-state index in [-0.39, 0.29) is 0 Å². The van der Waals surface area contributed by atoms with Crippen LogP contribution in [-0.2, 0) is 15.9 Å². The molecule has 6 heteroatoms. The van der Waals surface area contributed by atoms with Crippen LogP contribution in [0.3, 0.4) is 0 Å². The fraction of sp³-hybridized carbons (Fsp3) is 0.571. The van der Waals surface area contributed by atoms with Gasteiger partial charge in [0, 0.05) is 0 Å². The molecule has 0 saturated carbocycles. The van der Waals surface area contributed by atoms with E-state index >= 15 is 0 Å². The molecule has 4 N–H and O–H groups in total. The second-order valence-electron chi connectivity index (χ2n) is 4.80. The Morgan fingerprint density at radius 1 is 1.00 bits per heavy atom.